The SMILES string of the molecule is O=c1ccc(-n2cncn2)nn1Cc1ccc(Cl)cc1. The van der Waals surface area contributed by atoms with Gasteiger partial charge in [0.25, 0.3) is 5.56 Å². The predicted molar refractivity (Wildman–Crippen MR) is 74.0 cm³/mol. The molecule has 0 bridgehead atoms. The molecule has 3 aromatic rings. The van der Waals surface area contributed by atoms with Gasteiger partial charge < -0.3 is 0 Å². The highest BCUT2D eigenvalue weighted by Crippen LogP contribution is 2.10. The van der Waals surface area contributed by atoms with Crippen molar-refractivity contribution in [2.75, 3.05) is 0 Å². The van der Waals surface area contributed by atoms with Crippen molar-refractivity contribution in [1.29, 1.82) is 0 Å². The zero-order valence-corrected chi connectivity index (χ0v) is 11.1. The highest BCUT2D eigenvalue weighted by Gasteiger charge is 2.04. The first-order valence-corrected chi connectivity index (χ1v) is 6.28. The zero-order valence-electron chi connectivity index (χ0n) is 10.3. The Balaban J connectivity index is 1.95. The Bertz CT molecular complexity index is 764. The van der Waals surface area contributed by atoms with E-state index in [9.17, 15) is 4.79 Å². The lowest BCUT2D eigenvalue weighted by Crippen LogP contribution is -2.24. The van der Waals surface area contributed by atoms with Crippen molar-refractivity contribution in [3.05, 3.63) is 70.0 Å². The molecule has 0 aliphatic rings. The van der Waals surface area contributed by atoms with Crippen LogP contribution in [0.5, 0.6) is 0 Å². The molecule has 2 heterocycles. The number of aromatic nitrogens is 5. The fourth-order valence-electron chi connectivity index (χ4n) is 1.76. The summed E-state index contributed by atoms with van der Waals surface area (Å²) in [5.41, 5.74) is 0.767. The van der Waals surface area contributed by atoms with E-state index in [0.717, 1.165) is 5.56 Å². The fraction of sp³-hybridized carbons (Fsp3) is 0.0769. The minimum Gasteiger partial charge on any atom is -0.268 e. The maximum absolute atomic E-state index is 11.8. The van der Waals surface area contributed by atoms with Crippen LogP contribution in [0.15, 0.2) is 53.8 Å². The minimum absolute atomic E-state index is 0.177. The van der Waals surface area contributed by atoms with Gasteiger partial charge in [-0.1, -0.05) is 23.7 Å². The van der Waals surface area contributed by atoms with Crippen molar-refractivity contribution in [1.82, 2.24) is 24.5 Å². The van der Waals surface area contributed by atoms with Crippen molar-refractivity contribution in [3.63, 3.8) is 0 Å². The normalized spacial score (nSPS) is 10.7. The zero-order chi connectivity index (χ0) is 13.9. The smallest absolute Gasteiger partial charge is 0.267 e. The van der Waals surface area contributed by atoms with Gasteiger partial charge in [-0.3, -0.25) is 4.79 Å². The molecule has 7 heteroatoms. The molecule has 6 nitrogen and oxygen atoms in total. The molecule has 0 unspecified atom stereocenters. The Morgan fingerprint density at radius 2 is 1.90 bits per heavy atom. The number of rotatable bonds is 3. The number of hydrogen-bond donors (Lipinski definition) is 0. The van der Waals surface area contributed by atoms with Gasteiger partial charge in [0.15, 0.2) is 5.82 Å². The maximum atomic E-state index is 11.8. The average molecular weight is 288 g/mol. The highest BCUT2D eigenvalue weighted by molar-refractivity contribution is 6.30. The molecule has 0 spiro atoms. The highest BCUT2D eigenvalue weighted by atomic mass is 35.5. The van der Waals surface area contributed by atoms with Gasteiger partial charge in [0.1, 0.15) is 12.7 Å². The summed E-state index contributed by atoms with van der Waals surface area (Å²) in [6.07, 6.45) is 2.94. The molecule has 0 fully saturated rings. The molecule has 0 radical (unpaired) electrons. The van der Waals surface area contributed by atoms with Crippen molar-refractivity contribution in [2.24, 2.45) is 0 Å². The second kappa shape index (κ2) is 5.26. The summed E-state index contributed by atoms with van der Waals surface area (Å²) < 4.78 is 2.87. The first kappa shape index (κ1) is 12.6. The third kappa shape index (κ3) is 2.60. The molecular formula is C13H10ClN5O. The maximum Gasteiger partial charge on any atom is 0.267 e. The summed E-state index contributed by atoms with van der Waals surface area (Å²) in [7, 11) is 0. The molecule has 0 saturated carbocycles. The van der Waals surface area contributed by atoms with Crippen LogP contribution in [0.3, 0.4) is 0 Å². The van der Waals surface area contributed by atoms with Crippen LogP contribution in [0.25, 0.3) is 5.82 Å². The Morgan fingerprint density at radius 1 is 1.10 bits per heavy atom. The summed E-state index contributed by atoms with van der Waals surface area (Å²) in [6, 6.07) is 10.3. The van der Waals surface area contributed by atoms with Gasteiger partial charge in [-0.2, -0.15) is 5.10 Å². The molecule has 100 valence electrons. The van der Waals surface area contributed by atoms with E-state index in [2.05, 4.69) is 15.2 Å². The van der Waals surface area contributed by atoms with Crippen LogP contribution >= 0.6 is 11.6 Å². The minimum atomic E-state index is -0.177. The molecule has 0 aliphatic carbocycles. The Labute approximate surface area is 119 Å². The molecule has 1 aromatic carbocycles. The summed E-state index contributed by atoms with van der Waals surface area (Å²) in [5.74, 6) is 0.538. The Hall–Kier alpha value is -2.47. The van der Waals surface area contributed by atoms with Gasteiger partial charge >= 0.3 is 0 Å². The van der Waals surface area contributed by atoms with Crippen LogP contribution in [0.2, 0.25) is 5.02 Å². The van der Waals surface area contributed by atoms with E-state index in [1.807, 2.05) is 12.1 Å². The van der Waals surface area contributed by atoms with Gasteiger partial charge in [-0.05, 0) is 23.8 Å². The molecule has 0 aliphatic heterocycles. The number of benzene rings is 1. The van der Waals surface area contributed by atoms with Crippen molar-refractivity contribution in [2.45, 2.75) is 6.54 Å². The Kier molecular flexibility index (Phi) is 3.30. The van der Waals surface area contributed by atoms with E-state index in [1.165, 1.54) is 28.1 Å². The molecule has 2 aromatic heterocycles. The van der Waals surface area contributed by atoms with E-state index in [4.69, 9.17) is 11.6 Å². The summed E-state index contributed by atoms with van der Waals surface area (Å²) in [4.78, 5) is 15.7. The van der Waals surface area contributed by atoms with Crippen molar-refractivity contribution < 1.29 is 0 Å². The van der Waals surface area contributed by atoms with Gasteiger partial charge in [-0.15, -0.1) is 5.10 Å². The summed E-state index contributed by atoms with van der Waals surface area (Å²) in [5, 5.41) is 8.91. The van der Waals surface area contributed by atoms with Crippen LogP contribution in [0.4, 0.5) is 0 Å². The quantitative estimate of drug-likeness (QED) is 0.733. The number of nitrogens with zero attached hydrogens (tertiary/aromatic N) is 5. The second-order valence-corrected chi connectivity index (χ2v) is 4.59. The topological polar surface area (TPSA) is 65.6 Å². The van der Waals surface area contributed by atoms with Gasteiger partial charge in [0.2, 0.25) is 0 Å². The van der Waals surface area contributed by atoms with Crippen LogP contribution in [-0.2, 0) is 6.54 Å². The summed E-state index contributed by atoms with van der Waals surface area (Å²) >= 11 is 5.84. The lowest BCUT2D eigenvalue weighted by atomic mass is 10.2. The molecule has 0 saturated heterocycles. The molecule has 20 heavy (non-hydrogen) atoms. The van der Waals surface area contributed by atoms with Crippen LogP contribution in [-0.4, -0.2) is 24.5 Å². The lowest BCUT2D eigenvalue weighted by molar-refractivity contribution is 0.618. The molecule has 0 N–H and O–H groups in total. The first-order chi connectivity index (χ1) is 9.72. The molecule has 0 amide bonds. The van der Waals surface area contributed by atoms with Gasteiger partial charge in [0.05, 0.1) is 6.54 Å². The number of hydrogen-bond acceptors (Lipinski definition) is 4. The monoisotopic (exact) mass is 287 g/mol. The van der Waals surface area contributed by atoms with Gasteiger partial charge in [0, 0.05) is 11.1 Å². The van der Waals surface area contributed by atoms with E-state index >= 15 is 0 Å². The van der Waals surface area contributed by atoms with E-state index < -0.39 is 0 Å². The number of halogens is 1. The lowest BCUT2D eigenvalue weighted by Gasteiger charge is -2.06. The van der Waals surface area contributed by atoms with Crippen molar-refractivity contribution >= 4 is 11.6 Å². The fourth-order valence-corrected chi connectivity index (χ4v) is 1.89. The Morgan fingerprint density at radius 3 is 2.60 bits per heavy atom. The van der Waals surface area contributed by atoms with Crippen LogP contribution < -0.4 is 5.56 Å². The summed E-state index contributed by atoms with van der Waals surface area (Å²) in [6.45, 7) is 0.374. The molecule has 3 rings (SSSR count). The standard InChI is InChI=1S/C13H10ClN5O/c14-11-3-1-10(2-4-11)7-18-13(20)6-5-12(17-18)19-9-15-8-16-19/h1-6,8-9H,7H2. The van der Waals surface area contributed by atoms with E-state index in [-0.39, 0.29) is 5.56 Å². The van der Waals surface area contributed by atoms with Crippen molar-refractivity contribution in [3.8, 4) is 5.82 Å². The third-order valence-electron chi connectivity index (χ3n) is 2.75. The van der Waals surface area contributed by atoms with Crippen LogP contribution in [0, 0.1) is 0 Å². The molecule has 0 atom stereocenters. The van der Waals surface area contributed by atoms with Gasteiger partial charge in [-0.25, -0.2) is 14.3 Å². The third-order valence-corrected chi connectivity index (χ3v) is 3.00. The van der Waals surface area contributed by atoms with E-state index in [1.54, 1.807) is 18.2 Å². The van der Waals surface area contributed by atoms with E-state index in [0.29, 0.717) is 17.4 Å². The predicted octanol–water partition coefficient (Wildman–Crippen LogP) is 1.53. The largest absolute Gasteiger partial charge is 0.268 e. The molecular weight excluding hydrogens is 278 g/mol. The van der Waals surface area contributed by atoms with Crippen LogP contribution in [0.1, 0.15) is 5.56 Å². The first-order valence-electron chi connectivity index (χ1n) is 5.90. The second-order valence-electron chi connectivity index (χ2n) is 4.15. The average Bonchev–Trinajstić information content (AvgIpc) is 2.98.